The third-order valence-electron chi connectivity index (χ3n) is 5.75. The number of carbonyl (C=O) groups excluding carboxylic acids is 3. The number of thioether (sulfide) groups is 1. The fraction of sp³-hybridized carbons (Fsp3) is 0.640. The highest BCUT2D eigenvalue weighted by molar-refractivity contribution is 8.00. The minimum atomic E-state index is -4.43. The molecule has 1 aliphatic heterocycles. The van der Waals surface area contributed by atoms with Crippen LogP contribution in [0.15, 0.2) is 23.1 Å². The van der Waals surface area contributed by atoms with Crippen LogP contribution in [0.1, 0.15) is 58.4 Å². The van der Waals surface area contributed by atoms with E-state index in [-0.39, 0.29) is 29.2 Å². The van der Waals surface area contributed by atoms with E-state index in [1.165, 1.54) is 24.8 Å². The average molecular weight is 720 g/mol. The molecule has 1 aromatic carbocycles. The molecule has 1 heterocycles. The molecule has 20 heteroatoms. The lowest BCUT2D eigenvalue weighted by Gasteiger charge is -2.22. The Balaban J connectivity index is 1.61. The maximum Gasteiger partial charge on any atom is 0.472 e. The van der Waals surface area contributed by atoms with Gasteiger partial charge in [0.15, 0.2) is 0 Å². The van der Waals surface area contributed by atoms with Crippen LogP contribution in [0, 0.1) is 6.92 Å². The lowest BCUT2D eigenvalue weighted by atomic mass is 10.2. The van der Waals surface area contributed by atoms with Crippen molar-refractivity contribution in [3.63, 3.8) is 0 Å². The van der Waals surface area contributed by atoms with Gasteiger partial charge in [0.2, 0.25) is 11.8 Å². The molecule has 0 saturated carbocycles. The van der Waals surface area contributed by atoms with E-state index in [4.69, 9.17) is 22.9 Å². The number of amides is 2. The van der Waals surface area contributed by atoms with E-state index < -0.39 is 74.2 Å². The Labute approximate surface area is 266 Å². The minimum Gasteiger partial charge on any atom is -0.425 e. The first kappa shape index (κ1) is 39.5. The van der Waals surface area contributed by atoms with Gasteiger partial charge < -0.3 is 14.5 Å². The number of hydrogen-bond donors (Lipinski definition) is 3. The number of esters is 1. The summed E-state index contributed by atoms with van der Waals surface area (Å²) in [7, 11) is -13.2. The molecule has 45 heavy (non-hydrogen) atoms. The second-order valence-electron chi connectivity index (χ2n) is 10.8. The third-order valence-corrected chi connectivity index (χ3v) is 10.2. The Hall–Kier alpha value is -1.69. The number of phosphoric acid groups is 2. The number of unbranched alkanes of at least 4 members (excludes halogenated alkanes) is 3. The Morgan fingerprint density at radius 3 is 2.20 bits per heavy atom. The topological polar surface area (TPSA) is 230 Å². The molecule has 2 rings (SSSR count). The van der Waals surface area contributed by atoms with Crippen molar-refractivity contribution >= 4 is 55.3 Å². The number of nitrogens with zero attached hydrogens (tertiary/aromatic N) is 1. The second-order valence-corrected chi connectivity index (χ2v) is 16.4. The van der Waals surface area contributed by atoms with Crippen LogP contribution in [-0.4, -0.2) is 88.4 Å². The monoisotopic (exact) mass is 719 g/mol. The SMILES string of the molecule is Cc1cc(S(=O)(=O)O)ccc1OC(=O)CN1C(=O)CC(SCCCCCCOP(=O)(O)OCCOP(=O)(O)OC(C)(C)C)C1=O. The zero-order valence-electron chi connectivity index (χ0n) is 25.3. The van der Waals surface area contributed by atoms with Crippen LogP contribution in [-0.2, 0) is 51.7 Å². The van der Waals surface area contributed by atoms with Gasteiger partial charge in [0.05, 0.1) is 35.6 Å². The molecule has 3 unspecified atom stereocenters. The quantitative estimate of drug-likeness (QED) is 0.0463. The van der Waals surface area contributed by atoms with E-state index in [2.05, 4.69) is 4.52 Å². The number of aryl methyl sites for hydroxylation is 1. The highest BCUT2D eigenvalue weighted by Gasteiger charge is 2.40. The third kappa shape index (κ3) is 14.7. The zero-order chi connectivity index (χ0) is 34.1. The van der Waals surface area contributed by atoms with Crippen molar-refractivity contribution in [2.24, 2.45) is 0 Å². The second kappa shape index (κ2) is 16.9. The Morgan fingerprint density at radius 1 is 1.00 bits per heavy atom. The molecule has 2 amide bonds. The largest absolute Gasteiger partial charge is 0.472 e. The van der Waals surface area contributed by atoms with Crippen LogP contribution in [0.3, 0.4) is 0 Å². The van der Waals surface area contributed by atoms with Crippen molar-refractivity contribution in [2.45, 2.75) is 75.5 Å². The van der Waals surface area contributed by atoms with Crippen molar-refractivity contribution in [2.75, 3.05) is 32.1 Å². The molecule has 16 nitrogen and oxygen atoms in total. The molecule has 0 radical (unpaired) electrons. The predicted octanol–water partition coefficient (Wildman–Crippen LogP) is 3.63. The van der Waals surface area contributed by atoms with Crippen LogP contribution in [0.25, 0.3) is 0 Å². The molecule has 1 saturated heterocycles. The maximum absolute atomic E-state index is 12.7. The zero-order valence-corrected chi connectivity index (χ0v) is 28.7. The van der Waals surface area contributed by atoms with Gasteiger partial charge in [-0.25, -0.2) is 13.9 Å². The lowest BCUT2D eigenvalue weighted by molar-refractivity contribution is -0.147. The van der Waals surface area contributed by atoms with Crippen LogP contribution in [0.4, 0.5) is 0 Å². The molecule has 1 fully saturated rings. The molecule has 0 bridgehead atoms. The molecule has 0 spiro atoms. The maximum atomic E-state index is 12.7. The van der Waals surface area contributed by atoms with Gasteiger partial charge in [0.25, 0.3) is 10.1 Å². The van der Waals surface area contributed by atoms with Crippen LogP contribution >= 0.6 is 27.4 Å². The van der Waals surface area contributed by atoms with E-state index in [0.717, 1.165) is 17.0 Å². The summed E-state index contributed by atoms with van der Waals surface area (Å²) in [5, 5.41) is -0.648. The van der Waals surface area contributed by atoms with Crippen molar-refractivity contribution in [1.82, 2.24) is 4.90 Å². The minimum absolute atomic E-state index is 0.0180. The summed E-state index contributed by atoms with van der Waals surface area (Å²) in [6.45, 7) is 4.53. The first-order valence-electron chi connectivity index (χ1n) is 13.7. The van der Waals surface area contributed by atoms with Crippen LogP contribution < -0.4 is 4.74 Å². The van der Waals surface area contributed by atoms with Gasteiger partial charge in [-0.15, -0.1) is 11.8 Å². The molecule has 0 aliphatic carbocycles. The predicted molar refractivity (Wildman–Crippen MR) is 161 cm³/mol. The number of imide groups is 1. The van der Waals surface area contributed by atoms with Crippen molar-refractivity contribution in [3.05, 3.63) is 23.8 Å². The normalized spacial score (nSPS) is 18.6. The number of likely N-dealkylation sites (tertiary alicyclic amines) is 1. The molecule has 1 aromatic rings. The van der Waals surface area contributed by atoms with Gasteiger partial charge in [-0.1, -0.05) is 12.8 Å². The van der Waals surface area contributed by atoms with Gasteiger partial charge in [-0.3, -0.25) is 37.1 Å². The number of phosphoric ester groups is 2. The standard InChI is InChI=1S/C25H39NO15P2S2/c1-18-15-19(45(34,35)36)9-10-20(18)40-23(28)17-26-22(27)16-21(24(26)29)44-14-8-6-5-7-11-37-42(30,31)38-12-13-39-43(32,33)41-25(2,3)4/h9-10,15,21H,5-8,11-14,16-17H2,1-4H3,(H,30,31)(H,32,33)(H,34,35,36). The fourth-order valence-corrected chi connectivity index (χ4v) is 7.35. The van der Waals surface area contributed by atoms with Crippen LogP contribution in [0.5, 0.6) is 5.75 Å². The molecule has 0 aromatic heterocycles. The number of benzene rings is 1. The lowest BCUT2D eigenvalue weighted by Crippen LogP contribution is -2.37. The summed E-state index contributed by atoms with van der Waals surface area (Å²) in [4.78, 5) is 57.1. The van der Waals surface area contributed by atoms with Gasteiger partial charge in [-0.2, -0.15) is 8.42 Å². The Kier molecular flexibility index (Phi) is 14.9. The molecular formula is C25H39NO15P2S2. The number of hydrogen-bond acceptors (Lipinski definition) is 13. The van der Waals surface area contributed by atoms with E-state index >= 15 is 0 Å². The summed E-state index contributed by atoms with van der Waals surface area (Å²) in [5.74, 6) is -1.35. The first-order valence-corrected chi connectivity index (χ1v) is 19.2. The summed E-state index contributed by atoms with van der Waals surface area (Å²) >= 11 is 1.28. The van der Waals surface area contributed by atoms with Gasteiger partial charge in [0, 0.05) is 6.42 Å². The molecule has 256 valence electrons. The van der Waals surface area contributed by atoms with Crippen LogP contribution in [0.2, 0.25) is 0 Å². The van der Waals surface area contributed by atoms with E-state index in [0.29, 0.717) is 31.4 Å². The van der Waals surface area contributed by atoms with Crippen molar-refractivity contribution in [3.8, 4) is 5.75 Å². The van der Waals surface area contributed by atoms with Crippen molar-refractivity contribution < 1.29 is 69.1 Å². The number of rotatable bonds is 19. The highest BCUT2D eigenvalue weighted by Crippen LogP contribution is 2.48. The average Bonchev–Trinajstić information content (AvgIpc) is 3.14. The van der Waals surface area contributed by atoms with E-state index in [1.807, 2.05) is 0 Å². The first-order chi connectivity index (χ1) is 20.7. The number of ether oxygens (including phenoxy) is 1. The Bertz CT molecular complexity index is 1410. The highest BCUT2D eigenvalue weighted by atomic mass is 32.2. The summed E-state index contributed by atoms with van der Waals surface area (Å²) in [5.41, 5.74) is -0.678. The fourth-order valence-electron chi connectivity index (χ4n) is 3.81. The smallest absolute Gasteiger partial charge is 0.425 e. The number of carbonyl (C=O) groups is 3. The van der Waals surface area contributed by atoms with Gasteiger partial charge in [-0.05, 0) is 70.1 Å². The van der Waals surface area contributed by atoms with E-state index in [9.17, 15) is 41.7 Å². The summed E-state index contributed by atoms with van der Waals surface area (Å²) < 4.78 is 79.6. The van der Waals surface area contributed by atoms with Gasteiger partial charge >= 0.3 is 21.6 Å². The molecule has 1 aliphatic rings. The summed E-state index contributed by atoms with van der Waals surface area (Å²) in [6.07, 6.45) is 2.41. The molecular weight excluding hydrogens is 680 g/mol. The van der Waals surface area contributed by atoms with Crippen molar-refractivity contribution in [1.29, 1.82) is 0 Å². The summed E-state index contributed by atoms with van der Waals surface area (Å²) in [6, 6.07) is 3.36. The molecule has 3 N–H and O–H groups in total. The Morgan fingerprint density at radius 2 is 1.60 bits per heavy atom. The van der Waals surface area contributed by atoms with Gasteiger partial charge in [0.1, 0.15) is 12.3 Å². The van der Waals surface area contributed by atoms with E-state index in [1.54, 1.807) is 20.8 Å². The molecule has 3 atom stereocenters.